The normalized spacial score (nSPS) is 12.9. The Morgan fingerprint density at radius 2 is 0.643 bits per heavy atom. The fourth-order valence-electron chi connectivity index (χ4n) is 2.40. The Morgan fingerprint density at radius 1 is 0.500 bits per heavy atom. The van der Waals surface area contributed by atoms with Crippen molar-refractivity contribution in [1.82, 2.24) is 12.5 Å². The van der Waals surface area contributed by atoms with E-state index in [4.69, 9.17) is 0 Å². The monoisotopic (exact) mass is 360 g/mol. The molecule has 0 rings (SSSR count). The third kappa shape index (κ3) is 3.12. The van der Waals surface area contributed by atoms with Gasteiger partial charge in [0.05, 0.1) is 0 Å². The van der Waals surface area contributed by atoms with Gasteiger partial charge < -0.3 is 0 Å². The summed E-state index contributed by atoms with van der Waals surface area (Å²) in [6.07, 6.45) is 0. The first-order chi connectivity index (χ1) is 5.77. The van der Waals surface area contributed by atoms with Gasteiger partial charge in [-0.05, 0) is 0 Å². The minimum absolute atomic E-state index is 0. The molecule has 0 heterocycles. The van der Waals surface area contributed by atoms with Gasteiger partial charge in [0.2, 0.25) is 0 Å². The fourth-order valence-corrected chi connectivity index (χ4v) is 16.1. The van der Waals surface area contributed by atoms with E-state index < -0.39 is 19.5 Å². The summed E-state index contributed by atoms with van der Waals surface area (Å²) < 4.78 is 9.59. The first-order valence-electron chi connectivity index (χ1n) is 4.47. The van der Waals surface area contributed by atoms with Gasteiger partial charge in [-0.2, -0.15) is 0 Å². The first-order valence-corrected chi connectivity index (χ1v) is 9.58. The van der Waals surface area contributed by atoms with Crippen molar-refractivity contribution in [2.24, 2.45) is 0 Å². The molecule has 4 nitrogen and oxygen atoms in total. The average molecular weight is 360 g/mol. The van der Waals surface area contributed by atoms with Gasteiger partial charge >= 0.3 is 88.3 Å². The van der Waals surface area contributed by atoms with Crippen LogP contribution in [-0.2, 0) is 19.5 Å². The summed E-state index contributed by atoms with van der Waals surface area (Å²) in [6.45, 7) is 0. The van der Waals surface area contributed by atoms with Crippen LogP contribution in [-0.4, -0.2) is 88.3 Å². The molecule has 0 unspecified atom stereocenters. The van der Waals surface area contributed by atoms with Crippen LogP contribution >= 0.6 is 0 Å². The summed E-state index contributed by atoms with van der Waals surface area (Å²) in [4.78, 5) is 0. The number of nitrogens with zero attached hydrogens (tertiary/aromatic N) is 4. The van der Waals surface area contributed by atoms with E-state index in [2.05, 4.69) is 68.9 Å². The molecule has 14 heavy (non-hydrogen) atoms. The van der Waals surface area contributed by atoms with E-state index in [1.54, 1.807) is 0 Å². The number of rotatable bonds is 4. The Kier molecular flexibility index (Phi) is 8.52. The maximum Gasteiger partial charge on any atom is 0 e. The van der Waals surface area contributed by atoms with Gasteiger partial charge in [0, 0.05) is 19.5 Å². The predicted octanol–water partition coefficient (Wildman–Crippen LogP) is -0.334. The Balaban J connectivity index is 0. The molecule has 0 amide bonds. The molecule has 0 spiro atoms. The molecule has 0 saturated carbocycles. The molecular weight excluding hydrogens is 336 g/mol. The molecule has 0 aromatic rings. The molecule has 82 valence electrons. The number of hydrogen-bond donors (Lipinski definition) is 0. The van der Waals surface area contributed by atoms with Crippen molar-refractivity contribution in [2.75, 3.05) is 56.4 Å². The molecule has 6 heteroatoms. The van der Waals surface area contributed by atoms with Gasteiger partial charge in [0.1, 0.15) is 0 Å². The van der Waals surface area contributed by atoms with E-state index in [0.29, 0.717) is 0 Å². The largest absolute Gasteiger partial charge is 0 e. The van der Waals surface area contributed by atoms with Crippen LogP contribution in [0.25, 0.3) is 0 Å². The van der Waals surface area contributed by atoms with E-state index >= 15 is 0 Å². The molecule has 0 atom stereocenters. The van der Waals surface area contributed by atoms with E-state index in [1.165, 1.54) is 0 Å². The van der Waals surface area contributed by atoms with Crippen LogP contribution in [0.15, 0.2) is 0 Å². The first kappa shape index (κ1) is 17.7. The zero-order valence-corrected chi connectivity index (χ0v) is 16.8. The predicted molar refractivity (Wildman–Crippen MR) is 60.5 cm³/mol. The molecule has 0 fully saturated rings. The van der Waals surface area contributed by atoms with Crippen LogP contribution in [0.1, 0.15) is 0 Å². The zero-order chi connectivity index (χ0) is 10.8. The second kappa shape index (κ2) is 6.76. The third-order valence-electron chi connectivity index (χ3n) is 2.40. The minimum Gasteiger partial charge on any atom is 0 e. The minimum atomic E-state index is -2.59. The van der Waals surface area contributed by atoms with Gasteiger partial charge in [-0.1, -0.05) is 0 Å². The Morgan fingerprint density at radius 3 is 0.643 bits per heavy atom. The van der Waals surface area contributed by atoms with Crippen molar-refractivity contribution < 1.29 is 19.5 Å². The van der Waals surface area contributed by atoms with Gasteiger partial charge in [-0.25, -0.2) is 0 Å². The van der Waals surface area contributed by atoms with Crippen molar-refractivity contribution in [3.05, 3.63) is 0 Å². The third-order valence-corrected chi connectivity index (χ3v) is 16.1. The Hall–Kier alpha value is 1.26. The maximum absolute atomic E-state index is 2.59. The maximum atomic E-state index is 2.40. The summed E-state index contributed by atoms with van der Waals surface area (Å²) in [7, 11) is 17.4. The molecule has 0 aromatic heterocycles. The van der Waals surface area contributed by atoms with Gasteiger partial charge in [-0.15, -0.1) is 0 Å². The summed E-state index contributed by atoms with van der Waals surface area (Å²) in [5.41, 5.74) is 0. The van der Waals surface area contributed by atoms with Gasteiger partial charge in [-0.3, -0.25) is 0 Å². The van der Waals surface area contributed by atoms with Crippen LogP contribution in [0, 0.1) is 0 Å². The summed E-state index contributed by atoms with van der Waals surface area (Å²) in [6, 6.07) is 0. The van der Waals surface area contributed by atoms with Crippen LogP contribution in [0.3, 0.4) is 0 Å². The van der Waals surface area contributed by atoms with Crippen LogP contribution in [0.4, 0.5) is 0 Å². The molecule has 0 radical (unpaired) electrons. The molecular formula is C8H24N4SnZn. The van der Waals surface area contributed by atoms with Crippen molar-refractivity contribution in [3.63, 3.8) is 0 Å². The van der Waals surface area contributed by atoms with Crippen LogP contribution in [0.5, 0.6) is 0 Å². The molecule has 0 aliphatic carbocycles. The van der Waals surface area contributed by atoms with Crippen molar-refractivity contribution in [1.29, 1.82) is 0 Å². The average Bonchev–Trinajstić information content (AvgIpc) is 1.82. The smallest absolute Gasteiger partial charge is 0 e. The van der Waals surface area contributed by atoms with E-state index in [-0.39, 0.29) is 19.5 Å². The topological polar surface area (TPSA) is 13.0 Å². The number of hydrogen-bond acceptors (Lipinski definition) is 4. The van der Waals surface area contributed by atoms with Crippen molar-refractivity contribution in [3.8, 4) is 0 Å². The Bertz CT molecular complexity index is 124. The standard InChI is InChI=1S/4C2H6N.Sn.Zn/c4*1-3-2;;/h4*1-2H3;;/q4*-1;+4;. The summed E-state index contributed by atoms with van der Waals surface area (Å²) in [5.74, 6) is 0. The van der Waals surface area contributed by atoms with Gasteiger partial charge in [0.25, 0.3) is 0 Å². The van der Waals surface area contributed by atoms with E-state index in [0.717, 1.165) is 0 Å². The molecule has 0 aromatic carbocycles. The quantitative estimate of drug-likeness (QED) is 0.637. The van der Waals surface area contributed by atoms with E-state index in [9.17, 15) is 0 Å². The SMILES string of the molecule is C[N](C)[Sn]([N](C)C)([N](C)C)[N](C)C.[Zn]. The summed E-state index contributed by atoms with van der Waals surface area (Å²) >= 11 is -2.59. The fraction of sp³-hybridized carbons (Fsp3) is 1.00. The second-order valence-electron chi connectivity index (χ2n) is 4.18. The van der Waals surface area contributed by atoms with Crippen molar-refractivity contribution in [2.45, 2.75) is 0 Å². The molecule has 0 aliphatic rings. The van der Waals surface area contributed by atoms with Crippen molar-refractivity contribution >= 4 is 19.5 Å². The second-order valence-corrected chi connectivity index (χ2v) is 17.8. The van der Waals surface area contributed by atoms with Gasteiger partial charge in [0.15, 0.2) is 0 Å². The molecule has 0 N–H and O–H groups in total. The van der Waals surface area contributed by atoms with Crippen LogP contribution in [0.2, 0.25) is 0 Å². The molecule has 0 saturated heterocycles. The summed E-state index contributed by atoms with van der Waals surface area (Å²) in [5, 5.41) is 0. The van der Waals surface area contributed by atoms with E-state index in [1.807, 2.05) is 0 Å². The molecule has 0 bridgehead atoms. The molecule has 0 aliphatic heterocycles. The van der Waals surface area contributed by atoms with Crippen LogP contribution < -0.4 is 0 Å². The Labute approximate surface area is 107 Å². The zero-order valence-electron chi connectivity index (χ0n) is 11.0.